The molecule has 0 aliphatic carbocycles. The Morgan fingerprint density at radius 3 is 2.38 bits per heavy atom. The van der Waals surface area contributed by atoms with Crippen LogP contribution >= 0.6 is 0 Å². The summed E-state index contributed by atoms with van der Waals surface area (Å²) < 4.78 is 27.2. The molecular weight excluding hydrogens is 332 g/mol. The number of nitrogens with zero attached hydrogens (tertiary/aromatic N) is 2. The Morgan fingerprint density at radius 2 is 1.79 bits per heavy atom. The summed E-state index contributed by atoms with van der Waals surface area (Å²) in [4.78, 5) is 24.6. The minimum atomic E-state index is -3.77. The van der Waals surface area contributed by atoms with Crippen molar-refractivity contribution >= 4 is 21.9 Å². The predicted molar refractivity (Wildman–Crippen MR) is 88.3 cm³/mol. The minimum absolute atomic E-state index is 0.0196. The SMILES string of the molecule is CCN(CC(=O)O)C(=O)c1ccccc1S(=O)(=O)N1CCCCC1. The van der Waals surface area contributed by atoms with E-state index in [1.165, 1.54) is 16.4 Å². The number of amides is 1. The highest BCUT2D eigenvalue weighted by atomic mass is 32.2. The highest BCUT2D eigenvalue weighted by Gasteiger charge is 2.31. The number of carbonyl (C=O) groups excluding carboxylic acids is 1. The van der Waals surface area contributed by atoms with Gasteiger partial charge in [0.15, 0.2) is 0 Å². The van der Waals surface area contributed by atoms with Gasteiger partial charge in [0.25, 0.3) is 5.91 Å². The van der Waals surface area contributed by atoms with Gasteiger partial charge in [-0.15, -0.1) is 0 Å². The van der Waals surface area contributed by atoms with Gasteiger partial charge in [-0.3, -0.25) is 9.59 Å². The van der Waals surface area contributed by atoms with E-state index in [-0.39, 0.29) is 17.0 Å². The lowest BCUT2D eigenvalue weighted by Gasteiger charge is -2.27. The van der Waals surface area contributed by atoms with Crippen LogP contribution in [0.15, 0.2) is 29.2 Å². The summed E-state index contributed by atoms with van der Waals surface area (Å²) in [5, 5.41) is 8.92. The molecule has 132 valence electrons. The summed E-state index contributed by atoms with van der Waals surface area (Å²) in [7, 11) is -3.77. The average molecular weight is 354 g/mol. The third kappa shape index (κ3) is 3.93. The van der Waals surface area contributed by atoms with Gasteiger partial charge < -0.3 is 10.0 Å². The summed E-state index contributed by atoms with van der Waals surface area (Å²) in [6.45, 7) is 2.26. The van der Waals surface area contributed by atoms with Crippen molar-refractivity contribution in [1.82, 2.24) is 9.21 Å². The van der Waals surface area contributed by atoms with Crippen LogP contribution in [0.3, 0.4) is 0 Å². The quantitative estimate of drug-likeness (QED) is 0.833. The van der Waals surface area contributed by atoms with Gasteiger partial charge in [-0.05, 0) is 31.9 Å². The Kier molecular flexibility index (Phi) is 5.95. The Labute approximate surface area is 141 Å². The normalized spacial score (nSPS) is 15.9. The molecule has 2 rings (SSSR count). The molecule has 0 atom stereocenters. The number of carbonyl (C=O) groups is 2. The minimum Gasteiger partial charge on any atom is -0.480 e. The lowest BCUT2D eigenvalue weighted by molar-refractivity contribution is -0.137. The van der Waals surface area contributed by atoms with E-state index >= 15 is 0 Å². The lowest BCUT2D eigenvalue weighted by Crippen LogP contribution is -2.39. The maximum atomic E-state index is 12.9. The Morgan fingerprint density at radius 1 is 1.17 bits per heavy atom. The first-order valence-corrected chi connectivity index (χ1v) is 9.42. The maximum Gasteiger partial charge on any atom is 0.323 e. The van der Waals surface area contributed by atoms with Gasteiger partial charge in [0.1, 0.15) is 6.54 Å². The topological polar surface area (TPSA) is 95.0 Å². The Balaban J connectivity index is 2.39. The fraction of sp³-hybridized carbons (Fsp3) is 0.500. The van der Waals surface area contributed by atoms with Crippen molar-refractivity contribution in [3.05, 3.63) is 29.8 Å². The molecule has 1 amide bonds. The van der Waals surface area contributed by atoms with Crippen LogP contribution in [0.25, 0.3) is 0 Å². The molecule has 1 aliphatic rings. The second-order valence-corrected chi connectivity index (χ2v) is 7.58. The number of sulfonamides is 1. The fourth-order valence-electron chi connectivity index (χ4n) is 2.77. The van der Waals surface area contributed by atoms with Gasteiger partial charge in [0, 0.05) is 19.6 Å². The Bertz CT molecular complexity index is 711. The standard InChI is InChI=1S/C16H22N2O5S/c1-2-17(12-15(19)20)16(21)13-8-4-5-9-14(13)24(22,23)18-10-6-3-7-11-18/h4-5,8-9H,2-3,6-7,10-12H2,1H3,(H,19,20). The van der Waals surface area contributed by atoms with Crippen molar-refractivity contribution in [2.24, 2.45) is 0 Å². The van der Waals surface area contributed by atoms with E-state index in [9.17, 15) is 18.0 Å². The van der Waals surface area contributed by atoms with Gasteiger partial charge in [0.2, 0.25) is 10.0 Å². The van der Waals surface area contributed by atoms with Gasteiger partial charge in [0.05, 0.1) is 10.5 Å². The molecular formula is C16H22N2O5S. The van der Waals surface area contributed by atoms with Crippen LogP contribution in [-0.4, -0.2) is 60.8 Å². The fourth-order valence-corrected chi connectivity index (χ4v) is 4.47. The monoisotopic (exact) mass is 354 g/mol. The summed E-state index contributed by atoms with van der Waals surface area (Å²) in [6.07, 6.45) is 2.60. The first-order valence-electron chi connectivity index (χ1n) is 7.98. The molecule has 0 bridgehead atoms. The summed E-state index contributed by atoms with van der Waals surface area (Å²) in [6, 6.07) is 5.99. The second-order valence-electron chi connectivity index (χ2n) is 5.67. The highest BCUT2D eigenvalue weighted by Crippen LogP contribution is 2.24. The molecule has 7 nitrogen and oxygen atoms in total. The van der Waals surface area contributed by atoms with Crippen LogP contribution in [0.2, 0.25) is 0 Å². The zero-order valence-corrected chi connectivity index (χ0v) is 14.5. The molecule has 0 saturated carbocycles. The molecule has 1 saturated heterocycles. The van der Waals surface area contributed by atoms with Crippen LogP contribution in [-0.2, 0) is 14.8 Å². The third-order valence-corrected chi connectivity index (χ3v) is 6.00. The molecule has 1 aromatic rings. The second kappa shape index (κ2) is 7.76. The van der Waals surface area contributed by atoms with E-state index in [1.807, 2.05) is 0 Å². The van der Waals surface area contributed by atoms with E-state index in [4.69, 9.17) is 5.11 Å². The molecule has 1 N–H and O–H groups in total. The third-order valence-electron chi connectivity index (χ3n) is 4.05. The number of aliphatic carboxylic acids is 1. The first-order chi connectivity index (χ1) is 11.4. The molecule has 0 unspecified atom stereocenters. The van der Waals surface area contributed by atoms with Crippen LogP contribution < -0.4 is 0 Å². The van der Waals surface area contributed by atoms with Gasteiger partial charge in [-0.1, -0.05) is 18.6 Å². The number of carboxylic acid groups (broad SMARTS) is 1. The summed E-state index contributed by atoms with van der Waals surface area (Å²) >= 11 is 0. The molecule has 24 heavy (non-hydrogen) atoms. The van der Waals surface area contributed by atoms with E-state index in [0.29, 0.717) is 13.1 Å². The number of rotatable bonds is 6. The van der Waals surface area contributed by atoms with Gasteiger partial charge in [-0.25, -0.2) is 8.42 Å². The van der Waals surface area contributed by atoms with Crippen molar-refractivity contribution < 1.29 is 23.1 Å². The molecule has 1 aromatic carbocycles. The number of piperidine rings is 1. The van der Waals surface area contributed by atoms with Crippen molar-refractivity contribution in [3.8, 4) is 0 Å². The largest absolute Gasteiger partial charge is 0.480 e. The summed E-state index contributed by atoms with van der Waals surface area (Å²) in [5.74, 6) is -1.72. The zero-order chi connectivity index (χ0) is 17.7. The smallest absolute Gasteiger partial charge is 0.323 e. The van der Waals surface area contributed by atoms with Crippen molar-refractivity contribution in [3.63, 3.8) is 0 Å². The Hall–Kier alpha value is -1.93. The molecule has 0 spiro atoms. The van der Waals surface area contributed by atoms with Crippen molar-refractivity contribution in [2.75, 3.05) is 26.2 Å². The number of hydrogen-bond acceptors (Lipinski definition) is 4. The van der Waals surface area contributed by atoms with Gasteiger partial charge >= 0.3 is 5.97 Å². The predicted octanol–water partition coefficient (Wildman–Crippen LogP) is 1.41. The molecule has 1 aliphatic heterocycles. The lowest BCUT2D eigenvalue weighted by atomic mass is 10.2. The van der Waals surface area contributed by atoms with Crippen LogP contribution in [0.4, 0.5) is 0 Å². The zero-order valence-electron chi connectivity index (χ0n) is 13.6. The number of benzene rings is 1. The van der Waals surface area contributed by atoms with Gasteiger partial charge in [-0.2, -0.15) is 4.31 Å². The van der Waals surface area contributed by atoms with Crippen LogP contribution in [0.1, 0.15) is 36.5 Å². The van der Waals surface area contributed by atoms with Crippen molar-refractivity contribution in [1.29, 1.82) is 0 Å². The summed E-state index contributed by atoms with van der Waals surface area (Å²) in [5.41, 5.74) is 0.0196. The number of likely N-dealkylation sites (N-methyl/N-ethyl adjacent to an activating group) is 1. The average Bonchev–Trinajstić information content (AvgIpc) is 2.59. The van der Waals surface area contributed by atoms with Crippen molar-refractivity contribution in [2.45, 2.75) is 31.1 Å². The molecule has 8 heteroatoms. The van der Waals surface area contributed by atoms with E-state index in [0.717, 1.165) is 24.2 Å². The first kappa shape index (κ1) is 18.4. The maximum absolute atomic E-state index is 12.9. The number of carboxylic acids is 1. The van der Waals surface area contributed by atoms with E-state index < -0.39 is 28.4 Å². The van der Waals surface area contributed by atoms with Crippen LogP contribution in [0.5, 0.6) is 0 Å². The molecule has 0 radical (unpaired) electrons. The highest BCUT2D eigenvalue weighted by molar-refractivity contribution is 7.89. The van der Waals surface area contributed by atoms with Crippen LogP contribution in [0, 0.1) is 0 Å². The van der Waals surface area contributed by atoms with E-state index in [1.54, 1.807) is 19.1 Å². The molecule has 0 aromatic heterocycles. The number of hydrogen-bond donors (Lipinski definition) is 1. The van der Waals surface area contributed by atoms with E-state index in [2.05, 4.69) is 0 Å². The molecule has 1 heterocycles. The molecule has 1 fully saturated rings.